The van der Waals surface area contributed by atoms with Crippen LogP contribution in [0, 0.1) is 10.8 Å². The van der Waals surface area contributed by atoms with Gasteiger partial charge in [0.1, 0.15) is 54.2 Å². The van der Waals surface area contributed by atoms with E-state index in [2.05, 4.69) is 52.4 Å². The number of aliphatic hydroxyl groups is 3. The van der Waals surface area contributed by atoms with Crippen molar-refractivity contribution in [2.24, 2.45) is 21.5 Å². The lowest BCUT2D eigenvalue weighted by molar-refractivity contribution is -0.912. The van der Waals surface area contributed by atoms with E-state index in [1.165, 1.54) is 114 Å². The Bertz CT molecular complexity index is 3810. The number of likely N-dealkylation sites (tertiary alicyclic amines) is 3. The van der Waals surface area contributed by atoms with Crippen molar-refractivity contribution >= 4 is 97.7 Å². The predicted octanol–water partition coefficient (Wildman–Crippen LogP) is -1.95. The summed E-state index contributed by atoms with van der Waals surface area (Å²) in [7, 11) is 7.00. The number of nitrogens with two attached hydrogens (primary N) is 5. The molecular formula is C69H101Cl4N21O6. The molecule has 7 aromatic rings. The van der Waals surface area contributed by atoms with E-state index in [9.17, 15) is 0 Å². The van der Waals surface area contributed by atoms with Crippen molar-refractivity contribution in [1.82, 2.24) is 28.8 Å². The van der Waals surface area contributed by atoms with Gasteiger partial charge in [0.15, 0.2) is 17.5 Å². The van der Waals surface area contributed by atoms with Crippen molar-refractivity contribution < 1.29 is 80.2 Å². The lowest BCUT2D eigenvalue weighted by Crippen LogP contribution is -3.00. The van der Waals surface area contributed by atoms with Gasteiger partial charge in [0.2, 0.25) is 0 Å². The van der Waals surface area contributed by atoms with Crippen molar-refractivity contribution in [3.63, 3.8) is 0 Å². The molecule has 0 amide bonds. The van der Waals surface area contributed by atoms with Crippen LogP contribution in [0.4, 0.5) is 45.9 Å². The van der Waals surface area contributed by atoms with Crippen molar-refractivity contribution in [3.05, 3.63) is 139 Å². The number of aliphatic hydroxyl groups excluding tert-OH is 3. The van der Waals surface area contributed by atoms with E-state index in [4.69, 9.17) is 79.0 Å². The molecule has 5 aliphatic rings. The number of benzene rings is 1. The molecule has 31 heteroatoms. The summed E-state index contributed by atoms with van der Waals surface area (Å²) in [6.07, 6.45) is 23.9. The molecule has 0 bridgehead atoms. The highest BCUT2D eigenvalue weighted by Gasteiger charge is 2.28. The Labute approximate surface area is 610 Å². The van der Waals surface area contributed by atoms with E-state index in [-0.39, 0.29) is 101 Å². The summed E-state index contributed by atoms with van der Waals surface area (Å²) >= 11 is 0. The highest BCUT2D eigenvalue weighted by molar-refractivity contribution is 6.51. The Balaban J connectivity index is 0.000000250. The summed E-state index contributed by atoms with van der Waals surface area (Å²) in [5.74, 6) is 3.55. The molecule has 0 atom stereocenters. The largest absolute Gasteiger partial charge is 1.00 e. The van der Waals surface area contributed by atoms with Gasteiger partial charge in [0.05, 0.1) is 176 Å². The third-order valence-corrected chi connectivity index (χ3v) is 17.9. The third kappa shape index (κ3) is 22.6. The number of halogens is 4. The Hall–Kier alpha value is -8.35. The maximum Gasteiger partial charge on any atom is 0.175 e. The minimum atomic E-state index is -0.117. The fourth-order valence-corrected chi connectivity index (χ4v) is 12.4. The van der Waals surface area contributed by atoms with Gasteiger partial charge in [-0.3, -0.25) is 10.8 Å². The number of nitrogen functional groups attached to an aromatic ring is 3. The molecule has 12 rings (SSSR count). The number of anilines is 6. The molecule has 0 spiro atoms. The van der Waals surface area contributed by atoms with Crippen LogP contribution in [0.1, 0.15) is 57.8 Å². The average Bonchev–Trinajstić information content (AvgIpc) is 1.64. The molecule has 6 aromatic heterocycles. The first kappa shape index (κ1) is 82.3. The van der Waals surface area contributed by atoms with Gasteiger partial charge in [-0.2, -0.15) is 0 Å². The fourth-order valence-electron chi connectivity index (χ4n) is 12.4. The SMILES string of the molecule is C[N+]1(CCNc2nn3ccccc3c2N)CCCCC1.C[N+]1(CCNc2nn3ccccc3c2N=C2C=C(OCCO)C(N)=CC2=N)CCCCC1.C[N+]1(CCNc2nn3ccccc3c2N=C2C=C(OCCO)C(N)=CC2=N)CCCCC1.Cl.Nc1ccc(OCCO)c(N)c1.[Cl-].[Cl-].[Cl-]. The van der Waals surface area contributed by atoms with Crippen LogP contribution < -0.4 is 86.6 Å². The second-order valence-electron chi connectivity index (χ2n) is 25.6. The molecule has 546 valence electrons. The van der Waals surface area contributed by atoms with Crippen LogP contribution in [0.5, 0.6) is 5.75 Å². The molecule has 18 N–H and O–H groups in total. The summed E-state index contributed by atoms with van der Waals surface area (Å²) in [6.45, 7) is 13.4. The number of allylic oxidation sites excluding steroid dienone is 4. The minimum absolute atomic E-state index is 0. The molecule has 3 fully saturated rings. The van der Waals surface area contributed by atoms with Crippen LogP contribution in [-0.2, 0) is 9.47 Å². The zero-order chi connectivity index (χ0) is 68.1. The van der Waals surface area contributed by atoms with Gasteiger partial charge in [0, 0.05) is 36.4 Å². The zero-order valence-electron chi connectivity index (χ0n) is 57.5. The number of aromatic nitrogens is 6. The topological polar surface area (TPSA) is 379 Å². The van der Waals surface area contributed by atoms with Crippen molar-refractivity contribution in [1.29, 1.82) is 10.8 Å². The van der Waals surface area contributed by atoms with Crippen LogP contribution >= 0.6 is 12.4 Å². The monoisotopic (exact) mass is 1460 g/mol. The molecule has 0 unspecified atom stereocenters. The number of ether oxygens (including phenoxy) is 3. The lowest BCUT2D eigenvalue weighted by Gasteiger charge is -2.37. The number of hydrogen-bond donors (Lipinski definition) is 13. The number of hydrogen-bond acceptors (Lipinski definition) is 21. The van der Waals surface area contributed by atoms with Crippen LogP contribution in [0.15, 0.2) is 149 Å². The quantitative estimate of drug-likeness (QED) is 0.0188. The van der Waals surface area contributed by atoms with Crippen LogP contribution in [0.2, 0.25) is 0 Å². The van der Waals surface area contributed by atoms with Crippen molar-refractivity contribution in [2.75, 3.05) is 172 Å². The van der Waals surface area contributed by atoms with E-state index in [1.807, 2.05) is 77.7 Å². The van der Waals surface area contributed by atoms with Gasteiger partial charge in [-0.25, -0.2) is 23.5 Å². The number of nitrogens with zero attached hydrogens (tertiary/aromatic N) is 11. The number of quaternary nitrogens is 3. The van der Waals surface area contributed by atoms with Gasteiger partial charge < -0.3 is 125 Å². The fraction of sp³-hybridized carbons (Fsp3) is 0.435. The van der Waals surface area contributed by atoms with Crippen molar-refractivity contribution in [3.8, 4) is 5.75 Å². The molecule has 9 heterocycles. The van der Waals surface area contributed by atoms with E-state index in [0.717, 1.165) is 76.3 Å². The molecular weight excluding hydrogens is 1360 g/mol. The van der Waals surface area contributed by atoms with Gasteiger partial charge in [0.25, 0.3) is 0 Å². The zero-order valence-corrected chi connectivity index (χ0v) is 60.6. The molecule has 27 nitrogen and oxygen atoms in total. The second kappa shape index (κ2) is 39.6. The second-order valence-corrected chi connectivity index (χ2v) is 25.6. The smallest absolute Gasteiger partial charge is 0.175 e. The lowest BCUT2D eigenvalue weighted by atomic mass is 10.1. The van der Waals surface area contributed by atoms with E-state index >= 15 is 0 Å². The first-order valence-electron chi connectivity index (χ1n) is 33.4. The van der Waals surface area contributed by atoms with E-state index < -0.39 is 0 Å². The average molecular weight is 1460 g/mol. The van der Waals surface area contributed by atoms with Gasteiger partial charge in [-0.05, 0) is 125 Å². The van der Waals surface area contributed by atoms with Gasteiger partial charge in [-0.1, -0.05) is 18.2 Å². The highest BCUT2D eigenvalue weighted by atomic mass is 35.5. The Kier molecular flexibility index (Phi) is 32.6. The number of piperidine rings is 3. The number of fused-ring (bicyclic) bond motifs is 3. The number of aliphatic imine (C=N–C) groups is 2. The van der Waals surface area contributed by atoms with Crippen LogP contribution in [0.25, 0.3) is 16.6 Å². The number of likely N-dealkylation sites (N-methyl/N-ethyl adjacent to an activating group) is 3. The summed E-state index contributed by atoms with van der Waals surface area (Å²) in [6, 6.07) is 22.6. The first-order valence-corrected chi connectivity index (χ1v) is 33.4. The molecule has 3 saturated heterocycles. The van der Waals surface area contributed by atoms with E-state index in [0.29, 0.717) is 74.5 Å². The third-order valence-electron chi connectivity index (χ3n) is 17.9. The summed E-state index contributed by atoms with van der Waals surface area (Å²) in [5.41, 5.74) is 37.0. The molecule has 100 heavy (non-hydrogen) atoms. The number of pyridine rings is 3. The maximum atomic E-state index is 9.05. The van der Waals surface area contributed by atoms with Crippen LogP contribution in [0.3, 0.4) is 0 Å². The first-order chi connectivity index (χ1) is 46.4. The Morgan fingerprint density at radius 1 is 0.480 bits per heavy atom. The number of nitrogens with one attached hydrogen (secondary N) is 5. The molecule has 0 radical (unpaired) electrons. The summed E-state index contributed by atoms with van der Waals surface area (Å²) in [4.78, 5) is 9.57. The van der Waals surface area contributed by atoms with E-state index in [1.54, 1.807) is 39.4 Å². The standard InChI is InChI=1S/2C23H32N7O2.C15H24N5.C8H12N2O2.4ClH/c2*1-30(10-5-2-6-11-30)12-8-26-23-22(20-7-3-4-9-29(20)28-23)27-19-16-21(32-14-13-31)18(25)15-17(19)24;1-20(10-5-2-6-11-20)12-8-17-15-14(16)13-7-3-4-9-19(13)18-15;9-6-1-2-8(7(10)5-6)12-4-3-11;;;;/h2*3-4,7,9,15-16,24,31H,2,5-6,8,10-14,25H2,1H3,(H,26,28);3-4,7,9H,2,5-6,8,10-12,16H2,1H3,(H,17,18);1-2,5,11H,3-4,9-10H2;4*1H/q3*+1;;;;;/p-3. The molecule has 1 aromatic carbocycles. The molecule has 0 saturated carbocycles. The highest BCUT2D eigenvalue weighted by Crippen LogP contribution is 2.34. The van der Waals surface area contributed by atoms with Crippen molar-refractivity contribution in [2.45, 2.75) is 57.8 Å². The minimum Gasteiger partial charge on any atom is -1.00 e. The number of rotatable bonds is 23. The van der Waals surface area contributed by atoms with Gasteiger partial charge in [-0.15, -0.1) is 27.7 Å². The van der Waals surface area contributed by atoms with Crippen LogP contribution in [-0.4, -0.2) is 220 Å². The normalized spacial score (nSPS) is 17.4. The Morgan fingerprint density at radius 3 is 1.22 bits per heavy atom. The van der Waals surface area contributed by atoms with Gasteiger partial charge >= 0.3 is 0 Å². The summed E-state index contributed by atoms with van der Waals surface area (Å²) < 4.78 is 24.9. The molecule has 2 aliphatic carbocycles. The molecule has 3 aliphatic heterocycles. The Morgan fingerprint density at radius 2 is 0.840 bits per heavy atom. The maximum absolute atomic E-state index is 9.05. The summed E-state index contributed by atoms with van der Waals surface area (Å²) in [5, 5.41) is 67.5. The predicted molar refractivity (Wildman–Crippen MR) is 391 cm³/mol.